The van der Waals surface area contributed by atoms with Crippen LogP contribution in [0.5, 0.6) is 0 Å². The molecule has 0 bridgehead atoms. The highest BCUT2D eigenvalue weighted by atomic mass is 35.5. The first-order valence-electron chi connectivity index (χ1n) is 7.84. The standard InChI is InChI=1S/C16H17ClF2N4OS/c1-2-22(14(24)10-25-9-11-6-16(11,18)19)13-8-23(21-15(13)17)12-4-3-5-20-7-12/h3-5,7-8,11H,2,6,9-10H2,1H3. The van der Waals surface area contributed by atoms with Gasteiger partial charge in [-0.1, -0.05) is 11.6 Å². The van der Waals surface area contributed by atoms with Gasteiger partial charge in [0.15, 0.2) is 5.15 Å². The minimum absolute atomic E-state index is 0.0740. The Balaban J connectivity index is 1.66. The third-order valence-electron chi connectivity index (χ3n) is 3.97. The fourth-order valence-corrected chi connectivity index (χ4v) is 3.77. The van der Waals surface area contributed by atoms with E-state index in [-0.39, 0.29) is 23.2 Å². The molecule has 1 aliphatic carbocycles. The van der Waals surface area contributed by atoms with Crippen LogP contribution in [0.3, 0.4) is 0 Å². The number of hydrogen-bond acceptors (Lipinski definition) is 4. The number of rotatable bonds is 7. The molecule has 0 N–H and O–H groups in total. The van der Waals surface area contributed by atoms with E-state index >= 15 is 0 Å². The van der Waals surface area contributed by atoms with Gasteiger partial charge in [0.25, 0.3) is 5.92 Å². The molecule has 0 radical (unpaired) electrons. The van der Waals surface area contributed by atoms with Gasteiger partial charge in [-0.05, 0) is 19.1 Å². The summed E-state index contributed by atoms with van der Waals surface area (Å²) in [5.41, 5.74) is 1.22. The fourth-order valence-electron chi connectivity index (χ4n) is 2.44. The number of aromatic nitrogens is 3. The van der Waals surface area contributed by atoms with Gasteiger partial charge >= 0.3 is 0 Å². The van der Waals surface area contributed by atoms with E-state index < -0.39 is 11.8 Å². The quantitative estimate of drug-likeness (QED) is 0.728. The zero-order chi connectivity index (χ0) is 18.0. The van der Waals surface area contributed by atoms with E-state index in [1.165, 1.54) is 16.7 Å². The van der Waals surface area contributed by atoms with Crippen molar-refractivity contribution < 1.29 is 13.6 Å². The lowest BCUT2D eigenvalue weighted by Gasteiger charge is -2.19. The van der Waals surface area contributed by atoms with Gasteiger partial charge in [-0.15, -0.1) is 0 Å². The van der Waals surface area contributed by atoms with E-state index in [0.717, 1.165) is 5.69 Å². The molecule has 0 aromatic carbocycles. The van der Waals surface area contributed by atoms with Gasteiger partial charge in [-0.3, -0.25) is 9.78 Å². The molecular weight excluding hydrogens is 370 g/mol. The minimum Gasteiger partial charge on any atom is -0.308 e. The van der Waals surface area contributed by atoms with Crippen LogP contribution in [0.1, 0.15) is 13.3 Å². The third-order valence-corrected chi connectivity index (χ3v) is 5.33. The topological polar surface area (TPSA) is 51.0 Å². The maximum absolute atomic E-state index is 12.9. The average molecular weight is 387 g/mol. The van der Waals surface area contributed by atoms with Crippen LogP contribution >= 0.6 is 23.4 Å². The van der Waals surface area contributed by atoms with Gasteiger partial charge in [-0.2, -0.15) is 16.9 Å². The Bertz CT molecular complexity index is 756. The van der Waals surface area contributed by atoms with Crippen LogP contribution in [0, 0.1) is 5.92 Å². The molecule has 1 saturated carbocycles. The number of alkyl halides is 2. The van der Waals surface area contributed by atoms with E-state index in [2.05, 4.69) is 10.1 Å². The second kappa shape index (κ2) is 7.29. The van der Waals surface area contributed by atoms with E-state index in [9.17, 15) is 13.6 Å². The summed E-state index contributed by atoms with van der Waals surface area (Å²) in [7, 11) is 0. The monoisotopic (exact) mass is 386 g/mol. The zero-order valence-electron chi connectivity index (χ0n) is 13.5. The van der Waals surface area contributed by atoms with Crippen molar-refractivity contribution in [1.29, 1.82) is 0 Å². The Hall–Kier alpha value is -1.67. The first-order chi connectivity index (χ1) is 11.9. The first kappa shape index (κ1) is 18.1. The molecule has 0 spiro atoms. The Kier molecular flexibility index (Phi) is 5.29. The SMILES string of the molecule is CCN(C(=O)CSCC1CC1(F)F)c1cn(-c2cccnc2)nc1Cl. The van der Waals surface area contributed by atoms with Crippen molar-refractivity contribution in [3.8, 4) is 5.69 Å². The van der Waals surface area contributed by atoms with Crippen LogP contribution in [0.2, 0.25) is 5.15 Å². The van der Waals surface area contributed by atoms with Gasteiger partial charge < -0.3 is 4.90 Å². The molecule has 1 aliphatic rings. The van der Waals surface area contributed by atoms with Gasteiger partial charge in [0.2, 0.25) is 5.91 Å². The second-order valence-corrected chi connectivity index (χ2v) is 7.16. The molecule has 9 heteroatoms. The number of nitrogens with zero attached hydrogens (tertiary/aromatic N) is 4. The zero-order valence-corrected chi connectivity index (χ0v) is 15.1. The molecule has 1 unspecified atom stereocenters. The average Bonchev–Trinajstić information content (AvgIpc) is 3.02. The number of thioether (sulfide) groups is 1. The smallest absolute Gasteiger partial charge is 0.252 e. The summed E-state index contributed by atoms with van der Waals surface area (Å²) in [6, 6.07) is 3.60. The van der Waals surface area contributed by atoms with Crippen molar-refractivity contribution in [2.75, 3.05) is 23.0 Å². The summed E-state index contributed by atoms with van der Waals surface area (Å²) in [6.45, 7) is 2.24. The summed E-state index contributed by atoms with van der Waals surface area (Å²) < 4.78 is 27.3. The third kappa shape index (κ3) is 4.12. The normalized spacial score (nSPS) is 18.2. The predicted octanol–water partition coefficient (Wildman–Crippen LogP) is 3.66. The van der Waals surface area contributed by atoms with Crippen molar-refractivity contribution >= 4 is 35.0 Å². The van der Waals surface area contributed by atoms with E-state index in [1.807, 2.05) is 13.0 Å². The van der Waals surface area contributed by atoms with Gasteiger partial charge in [0, 0.05) is 30.8 Å². The summed E-state index contributed by atoms with van der Waals surface area (Å²) in [5, 5.41) is 4.42. The largest absolute Gasteiger partial charge is 0.308 e. The highest BCUT2D eigenvalue weighted by Gasteiger charge is 2.56. The molecule has 25 heavy (non-hydrogen) atoms. The second-order valence-electron chi connectivity index (χ2n) is 5.78. The van der Waals surface area contributed by atoms with Crippen molar-refractivity contribution in [3.05, 3.63) is 35.9 Å². The Morgan fingerprint density at radius 3 is 2.92 bits per heavy atom. The predicted molar refractivity (Wildman–Crippen MR) is 94.8 cm³/mol. The minimum atomic E-state index is -2.55. The molecule has 2 heterocycles. The molecule has 1 amide bonds. The highest BCUT2D eigenvalue weighted by molar-refractivity contribution is 7.99. The highest BCUT2D eigenvalue weighted by Crippen LogP contribution is 2.50. The Morgan fingerprint density at radius 1 is 1.56 bits per heavy atom. The number of hydrogen-bond donors (Lipinski definition) is 0. The summed E-state index contributed by atoms with van der Waals surface area (Å²) in [5.74, 6) is -2.90. The number of amides is 1. The number of pyridine rings is 1. The molecule has 2 aromatic rings. The van der Waals surface area contributed by atoms with Crippen LogP contribution in [0.4, 0.5) is 14.5 Å². The lowest BCUT2D eigenvalue weighted by molar-refractivity contribution is -0.116. The molecule has 134 valence electrons. The van der Waals surface area contributed by atoms with Crippen molar-refractivity contribution in [1.82, 2.24) is 14.8 Å². The van der Waals surface area contributed by atoms with Crippen LogP contribution < -0.4 is 4.90 Å². The Morgan fingerprint density at radius 2 is 2.32 bits per heavy atom. The van der Waals surface area contributed by atoms with Crippen LogP contribution in [-0.4, -0.2) is 44.6 Å². The number of carbonyl (C=O) groups is 1. The summed E-state index contributed by atoms with van der Waals surface area (Å²) in [4.78, 5) is 18.0. The molecule has 2 aromatic heterocycles. The number of carbonyl (C=O) groups excluding carboxylic acids is 1. The fraction of sp³-hybridized carbons (Fsp3) is 0.438. The molecule has 0 saturated heterocycles. The van der Waals surface area contributed by atoms with E-state index in [1.54, 1.807) is 29.3 Å². The van der Waals surface area contributed by atoms with Crippen LogP contribution in [-0.2, 0) is 4.79 Å². The summed E-state index contributed by atoms with van der Waals surface area (Å²) >= 11 is 7.42. The lowest BCUT2D eigenvalue weighted by atomic mass is 10.4. The van der Waals surface area contributed by atoms with E-state index in [0.29, 0.717) is 18.0 Å². The maximum atomic E-state index is 12.9. The van der Waals surface area contributed by atoms with Gasteiger partial charge in [0.05, 0.1) is 23.8 Å². The molecule has 3 rings (SSSR count). The van der Waals surface area contributed by atoms with E-state index in [4.69, 9.17) is 11.6 Å². The van der Waals surface area contributed by atoms with Gasteiger partial charge in [0.1, 0.15) is 5.69 Å². The van der Waals surface area contributed by atoms with Crippen LogP contribution in [0.15, 0.2) is 30.7 Å². The maximum Gasteiger partial charge on any atom is 0.252 e. The first-order valence-corrected chi connectivity index (χ1v) is 9.37. The molecule has 0 aliphatic heterocycles. The summed E-state index contributed by atoms with van der Waals surface area (Å²) in [6.07, 6.45) is 4.88. The Labute approximate surface area is 153 Å². The van der Waals surface area contributed by atoms with Crippen LogP contribution in [0.25, 0.3) is 5.69 Å². The molecule has 1 fully saturated rings. The van der Waals surface area contributed by atoms with Gasteiger partial charge in [-0.25, -0.2) is 13.5 Å². The number of halogens is 3. The molecule has 1 atom stereocenters. The van der Waals surface area contributed by atoms with Crippen molar-refractivity contribution in [3.63, 3.8) is 0 Å². The van der Waals surface area contributed by atoms with Crippen molar-refractivity contribution in [2.24, 2.45) is 5.92 Å². The van der Waals surface area contributed by atoms with Crippen molar-refractivity contribution in [2.45, 2.75) is 19.3 Å². The number of anilines is 1. The molecule has 5 nitrogen and oxygen atoms in total. The lowest BCUT2D eigenvalue weighted by Crippen LogP contribution is -2.32. The molecular formula is C16H17ClF2N4OS.